The molecule has 0 saturated carbocycles. The third-order valence-electron chi connectivity index (χ3n) is 7.60. The molecule has 2 unspecified atom stereocenters. The molecule has 2 atom stereocenters. The van der Waals surface area contributed by atoms with Gasteiger partial charge in [0.15, 0.2) is 11.5 Å². The fraction of sp³-hybridized carbons (Fsp3) is 0.500. The van der Waals surface area contributed by atoms with Gasteiger partial charge in [-0.25, -0.2) is 24.2 Å². The zero-order valence-electron chi connectivity index (χ0n) is 21.3. The van der Waals surface area contributed by atoms with Gasteiger partial charge in [0.25, 0.3) is 0 Å². The minimum absolute atomic E-state index is 0.0585. The van der Waals surface area contributed by atoms with E-state index in [2.05, 4.69) is 15.5 Å². The van der Waals surface area contributed by atoms with Crippen molar-refractivity contribution < 1.29 is 19.4 Å². The molecule has 2 aromatic heterocycles. The number of aromatic nitrogens is 4. The lowest BCUT2D eigenvalue weighted by atomic mass is 10.1. The summed E-state index contributed by atoms with van der Waals surface area (Å²) < 4.78 is 8.02. The van der Waals surface area contributed by atoms with Crippen molar-refractivity contribution >= 4 is 34.7 Å². The number of urea groups is 1. The van der Waals surface area contributed by atoms with Crippen LogP contribution in [0.5, 0.6) is 0 Å². The highest BCUT2D eigenvalue weighted by atomic mass is 16.5. The number of morpholine rings is 1. The third-order valence-corrected chi connectivity index (χ3v) is 7.60. The largest absolute Gasteiger partial charge is 0.465 e. The van der Waals surface area contributed by atoms with E-state index in [0.29, 0.717) is 44.0 Å². The molecule has 0 radical (unpaired) electrons. The number of carbonyl (C=O) groups excluding carboxylic acids is 1. The van der Waals surface area contributed by atoms with E-state index < -0.39 is 6.09 Å². The number of anilines is 2. The van der Waals surface area contributed by atoms with Crippen molar-refractivity contribution in [3.63, 3.8) is 0 Å². The van der Waals surface area contributed by atoms with E-state index in [-0.39, 0.29) is 24.3 Å². The molecule has 3 saturated heterocycles. The van der Waals surface area contributed by atoms with Gasteiger partial charge in [-0.3, -0.25) is 0 Å². The van der Waals surface area contributed by atoms with Gasteiger partial charge in [-0.15, -0.1) is 0 Å². The summed E-state index contributed by atoms with van der Waals surface area (Å²) in [6.45, 7) is 4.91. The maximum Gasteiger partial charge on any atom is 0.407 e. The minimum Gasteiger partial charge on any atom is -0.465 e. The summed E-state index contributed by atoms with van der Waals surface area (Å²) in [6.07, 6.45) is 4.85. The Balaban J connectivity index is 1.36. The van der Waals surface area contributed by atoms with E-state index >= 15 is 0 Å². The van der Waals surface area contributed by atoms with Crippen molar-refractivity contribution in [3.8, 4) is 11.4 Å². The van der Waals surface area contributed by atoms with Crippen LogP contribution in [0.2, 0.25) is 0 Å². The molecule has 3 fully saturated rings. The van der Waals surface area contributed by atoms with Crippen molar-refractivity contribution in [1.82, 2.24) is 30.0 Å². The first kappa shape index (κ1) is 24.4. The number of amides is 3. The molecule has 200 valence electrons. The number of piperidine rings is 1. The van der Waals surface area contributed by atoms with Crippen LogP contribution in [-0.2, 0) is 4.74 Å². The van der Waals surface area contributed by atoms with Crippen LogP contribution in [0.4, 0.5) is 21.1 Å². The van der Waals surface area contributed by atoms with Crippen LogP contribution >= 0.6 is 0 Å². The number of hydrogen-bond donors (Lipinski definition) is 3. The first-order valence-electron chi connectivity index (χ1n) is 13.3. The van der Waals surface area contributed by atoms with Crippen molar-refractivity contribution in [2.24, 2.45) is 0 Å². The van der Waals surface area contributed by atoms with Gasteiger partial charge < -0.3 is 30.3 Å². The number of nitrogens with one attached hydrogen (secondary N) is 2. The Labute approximate surface area is 220 Å². The number of rotatable bonds is 5. The predicted octanol–water partition coefficient (Wildman–Crippen LogP) is 3.32. The van der Waals surface area contributed by atoms with E-state index in [1.165, 1.54) is 4.90 Å². The summed E-state index contributed by atoms with van der Waals surface area (Å²) in [7, 11) is 0. The normalized spacial score (nSPS) is 21.6. The summed E-state index contributed by atoms with van der Waals surface area (Å²) in [4.78, 5) is 37.0. The van der Waals surface area contributed by atoms with Crippen LogP contribution in [0.15, 0.2) is 30.5 Å². The smallest absolute Gasteiger partial charge is 0.407 e. The highest BCUT2D eigenvalue weighted by Gasteiger charge is 2.36. The van der Waals surface area contributed by atoms with Gasteiger partial charge in [-0.2, -0.15) is 5.10 Å². The summed E-state index contributed by atoms with van der Waals surface area (Å²) >= 11 is 0. The molecule has 3 aliphatic rings. The maximum absolute atomic E-state index is 11.9. The summed E-state index contributed by atoms with van der Waals surface area (Å²) in [5.41, 5.74) is 2.27. The molecule has 2 bridgehead atoms. The second-order valence-electron chi connectivity index (χ2n) is 10.1. The van der Waals surface area contributed by atoms with E-state index in [1.807, 2.05) is 42.1 Å². The molecule has 5 heterocycles. The summed E-state index contributed by atoms with van der Waals surface area (Å²) in [5.74, 6) is 1.43. The van der Waals surface area contributed by atoms with Gasteiger partial charge in [-0.1, -0.05) is 0 Å². The summed E-state index contributed by atoms with van der Waals surface area (Å²) in [6, 6.07) is 7.30. The molecule has 3 amide bonds. The molecular formula is C26H32N8O4. The highest BCUT2D eigenvalue weighted by Crippen LogP contribution is 2.35. The fourth-order valence-electron chi connectivity index (χ4n) is 5.68. The second-order valence-corrected chi connectivity index (χ2v) is 10.1. The quantitative estimate of drug-likeness (QED) is 0.466. The monoisotopic (exact) mass is 520 g/mol. The molecule has 12 nitrogen and oxygen atoms in total. The molecule has 6 rings (SSSR count). The first-order valence-corrected chi connectivity index (χ1v) is 13.3. The number of likely N-dealkylation sites (tertiary alicyclic amines) is 1. The molecule has 3 N–H and O–H groups in total. The highest BCUT2D eigenvalue weighted by molar-refractivity contribution is 5.90. The molecule has 12 heteroatoms. The Bertz CT molecular complexity index is 1320. The number of hydrogen-bond acceptors (Lipinski definition) is 7. The van der Waals surface area contributed by atoms with E-state index in [9.17, 15) is 14.7 Å². The Kier molecular flexibility index (Phi) is 6.48. The lowest BCUT2D eigenvalue weighted by molar-refractivity contribution is 0.0303. The number of carbonyl (C=O) groups is 2. The lowest BCUT2D eigenvalue weighted by Gasteiger charge is -2.33. The average molecular weight is 521 g/mol. The molecular weight excluding hydrogens is 488 g/mol. The van der Waals surface area contributed by atoms with Gasteiger partial charge in [0.2, 0.25) is 0 Å². The minimum atomic E-state index is -0.882. The molecule has 3 aliphatic heterocycles. The molecule has 38 heavy (non-hydrogen) atoms. The number of benzene rings is 1. The van der Waals surface area contributed by atoms with Crippen LogP contribution in [0.3, 0.4) is 0 Å². The van der Waals surface area contributed by atoms with E-state index in [1.54, 1.807) is 0 Å². The van der Waals surface area contributed by atoms with Gasteiger partial charge in [-0.05, 0) is 56.9 Å². The lowest BCUT2D eigenvalue weighted by Crippen LogP contribution is -2.43. The molecule has 0 aliphatic carbocycles. The van der Waals surface area contributed by atoms with E-state index in [4.69, 9.17) is 19.8 Å². The SMILES string of the molecule is CCNC(=O)Nc1ccc(-c2nc(N3CC4CCC(C3)O4)c3cnn(C4CCN(C(=O)O)CC4)c3n2)cc1. The van der Waals surface area contributed by atoms with Crippen LogP contribution < -0.4 is 15.5 Å². The van der Waals surface area contributed by atoms with Gasteiger partial charge >= 0.3 is 12.1 Å². The van der Waals surface area contributed by atoms with Crippen molar-refractivity contribution in [3.05, 3.63) is 30.5 Å². The average Bonchev–Trinajstić information content (AvgIpc) is 3.50. The van der Waals surface area contributed by atoms with Crippen LogP contribution in [-0.4, -0.2) is 86.8 Å². The molecule has 1 aromatic carbocycles. The first-order chi connectivity index (χ1) is 18.5. The second kappa shape index (κ2) is 10.1. The zero-order valence-corrected chi connectivity index (χ0v) is 21.3. The Morgan fingerprint density at radius 3 is 2.42 bits per heavy atom. The van der Waals surface area contributed by atoms with Crippen LogP contribution in [0.25, 0.3) is 22.4 Å². The molecule has 3 aromatic rings. The number of nitrogens with zero attached hydrogens (tertiary/aromatic N) is 6. The third kappa shape index (κ3) is 4.71. The number of carboxylic acid groups (broad SMARTS) is 1. The van der Waals surface area contributed by atoms with Crippen molar-refractivity contribution in [1.29, 1.82) is 0 Å². The van der Waals surface area contributed by atoms with Crippen LogP contribution in [0, 0.1) is 0 Å². The Morgan fingerprint density at radius 2 is 1.76 bits per heavy atom. The van der Waals surface area contributed by atoms with Gasteiger partial charge in [0.1, 0.15) is 5.82 Å². The topological polar surface area (TPSA) is 138 Å². The van der Waals surface area contributed by atoms with E-state index in [0.717, 1.165) is 48.3 Å². The Morgan fingerprint density at radius 1 is 1.05 bits per heavy atom. The standard InChI is InChI=1S/C26H32N8O4/c1-2-27-25(35)29-17-5-3-16(4-6-17)22-30-23(33-14-19-7-8-20(15-33)38-19)21-13-28-34(24(21)31-22)18-9-11-32(12-10-18)26(36)37/h3-6,13,18-20H,2,7-12,14-15H2,1H3,(H,36,37)(H2,27,29,35). The number of fused-ring (bicyclic) bond motifs is 3. The van der Waals surface area contributed by atoms with Crippen molar-refractivity contribution in [2.75, 3.05) is 42.9 Å². The van der Waals surface area contributed by atoms with Gasteiger partial charge in [0, 0.05) is 44.0 Å². The van der Waals surface area contributed by atoms with Gasteiger partial charge in [0.05, 0.1) is 29.8 Å². The Hall–Kier alpha value is -3.93. The predicted molar refractivity (Wildman–Crippen MR) is 141 cm³/mol. The fourth-order valence-corrected chi connectivity index (χ4v) is 5.68. The zero-order chi connectivity index (χ0) is 26.2. The molecule has 0 spiro atoms. The summed E-state index contributed by atoms with van der Waals surface area (Å²) in [5, 5.41) is 20.5. The number of ether oxygens (including phenoxy) is 1. The maximum atomic E-state index is 11.9. The van der Waals surface area contributed by atoms with Crippen molar-refractivity contribution in [2.45, 2.75) is 50.9 Å². The van der Waals surface area contributed by atoms with Crippen LogP contribution in [0.1, 0.15) is 38.6 Å².